The highest BCUT2D eigenvalue weighted by atomic mass is 32.2. The summed E-state index contributed by atoms with van der Waals surface area (Å²) >= 11 is 1.61. The molecule has 4 nitrogen and oxygen atoms in total. The van der Waals surface area contributed by atoms with Gasteiger partial charge in [-0.05, 0) is 31.0 Å². The molecular weight excluding hydrogens is 234 g/mol. The molecule has 2 rings (SSSR count). The van der Waals surface area contributed by atoms with Crippen molar-refractivity contribution in [2.45, 2.75) is 23.5 Å². The summed E-state index contributed by atoms with van der Waals surface area (Å²) in [4.78, 5) is 12.7. The average Bonchev–Trinajstić information content (AvgIpc) is 2.31. The van der Waals surface area contributed by atoms with Crippen molar-refractivity contribution in [3.8, 4) is 0 Å². The van der Waals surface area contributed by atoms with Gasteiger partial charge in [-0.2, -0.15) is 0 Å². The number of hydrogen-bond acceptors (Lipinski definition) is 4. The molecule has 1 aliphatic rings. The first-order valence-electron chi connectivity index (χ1n) is 5.72. The molecule has 0 aromatic heterocycles. The summed E-state index contributed by atoms with van der Waals surface area (Å²) in [6.45, 7) is 3.27. The van der Waals surface area contributed by atoms with E-state index in [0.717, 1.165) is 23.5 Å². The molecule has 1 amide bonds. The Balaban J connectivity index is 2.09. The first-order chi connectivity index (χ1) is 8.20. The Morgan fingerprint density at radius 3 is 3.12 bits per heavy atom. The Kier molecular flexibility index (Phi) is 4.04. The molecule has 1 aliphatic heterocycles. The number of carbonyl (C=O) groups excluding carboxylic acids is 1. The number of rotatable bonds is 4. The molecule has 1 heterocycles. The zero-order valence-electron chi connectivity index (χ0n) is 9.82. The van der Waals surface area contributed by atoms with Crippen molar-refractivity contribution in [1.29, 1.82) is 0 Å². The number of amides is 1. The summed E-state index contributed by atoms with van der Waals surface area (Å²) < 4.78 is 0. The van der Waals surface area contributed by atoms with Crippen LogP contribution in [0, 0.1) is 0 Å². The van der Waals surface area contributed by atoms with Gasteiger partial charge in [0, 0.05) is 18.1 Å². The van der Waals surface area contributed by atoms with E-state index in [0.29, 0.717) is 6.67 Å². The Hall–Kier alpha value is -1.04. The van der Waals surface area contributed by atoms with Gasteiger partial charge in [-0.3, -0.25) is 4.79 Å². The maximum atomic E-state index is 11.6. The van der Waals surface area contributed by atoms with Crippen molar-refractivity contribution < 1.29 is 4.79 Å². The fourth-order valence-electron chi connectivity index (χ4n) is 1.75. The topological polar surface area (TPSA) is 67.2 Å². The predicted octanol–water partition coefficient (Wildman–Crippen LogP) is 1.17. The van der Waals surface area contributed by atoms with Crippen LogP contribution in [0.25, 0.3) is 0 Å². The fraction of sp³-hybridized carbons (Fsp3) is 0.417. The molecule has 0 bridgehead atoms. The average molecular weight is 251 g/mol. The molecule has 5 heteroatoms. The van der Waals surface area contributed by atoms with Crippen LogP contribution in [0.15, 0.2) is 23.1 Å². The number of fused-ring (bicyclic) bond motifs is 1. The highest BCUT2D eigenvalue weighted by Gasteiger charge is 2.22. The molecule has 0 aliphatic carbocycles. The van der Waals surface area contributed by atoms with E-state index in [1.807, 2.05) is 13.0 Å². The normalized spacial score (nSPS) is 18.7. The lowest BCUT2D eigenvalue weighted by atomic mass is 10.1. The van der Waals surface area contributed by atoms with Crippen LogP contribution in [-0.4, -0.2) is 24.4 Å². The van der Waals surface area contributed by atoms with E-state index in [1.165, 1.54) is 5.56 Å². The van der Waals surface area contributed by atoms with Crippen molar-refractivity contribution in [3.63, 3.8) is 0 Å². The molecule has 1 unspecified atom stereocenters. The minimum Gasteiger partial charge on any atom is -0.324 e. The Morgan fingerprint density at radius 1 is 1.53 bits per heavy atom. The highest BCUT2D eigenvalue weighted by molar-refractivity contribution is 8.00. The minimum atomic E-state index is -0.00717. The van der Waals surface area contributed by atoms with Gasteiger partial charge in [0.25, 0.3) is 0 Å². The van der Waals surface area contributed by atoms with Gasteiger partial charge in [-0.15, -0.1) is 11.8 Å². The van der Waals surface area contributed by atoms with Gasteiger partial charge in [-0.25, -0.2) is 0 Å². The van der Waals surface area contributed by atoms with Gasteiger partial charge in [0.1, 0.15) is 0 Å². The van der Waals surface area contributed by atoms with Gasteiger partial charge in [0.15, 0.2) is 0 Å². The van der Waals surface area contributed by atoms with E-state index in [1.54, 1.807) is 11.8 Å². The van der Waals surface area contributed by atoms with Crippen LogP contribution in [0.2, 0.25) is 0 Å². The van der Waals surface area contributed by atoms with Crippen molar-refractivity contribution in [2.24, 2.45) is 5.73 Å². The molecular formula is C12H17N3OS. The Morgan fingerprint density at radius 2 is 2.35 bits per heavy atom. The molecule has 4 N–H and O–H groups in total. The zero-order valence-corrected chi connectivity index (χ0v) is 10.6. The number of nitrogens with two attached hydrogens (primary N) is 1. The molecule has 1 aromatic rings. The number of thioether (sulfide) groups is 1. The van der Waals surface area contributed by atoms with Gasteiger partial charge in [0.2, 0.25) is 5.91 Å². The van der Waals surface area contributed by atoms with Crippen LogP contribution in [0.4, 0.5) is 5.69 Å². The van der Waals surface area contributed by atoms with Gasteiger partial charge in [-0.1, -0.05) is 6.07 Å². The van der Waals surface area contributed by atoms with Gasteiger partial charge in [0.05, 0.1) is 10.9 Å². The molecule has 0 radical (unpaired) electrons. The van der Waals surface area contributed by atoms with Crippen molar-refractivity contribution in [2.75, 3.05) is 18.5 Å². The smallest absolute Gasteiger partial charge is 0.237 e. The van der Waals surface area contributed by atoms with E-state index in [4.69, 9.17) is 5.73 Å². The molecule has 92 valence electrons. The second-order valence-electron chi connectivity index (χ2n) is 4.03. The number of benzene rings is 1. The monoisotopic (exact) mass is 251 g/mol. The first kappa shape index (κ1) is 12.4. The number of nitrogens with one attached hydrogen (secondary N) is 2. The SMILES string of the molecule is CC1Sc2ccc(CCNCN)cc2NC1=O. The van der Waals surface area contributed by atoms with E-state index in [2.05, 4.69) is 22.8 Å². The minimum absolute atomic E-state index is 0.00717. The number of carbonyl (C=O) groups is 1. The first-order valence-corrected chi connectivity index (χ1v) is 6.60. The molecule has 1 atom stereocenters. The molecule has 0 saturated heterocycles. The van der Waals surface area contributed by atoms with E-state index in [-0.39, 0.29) is 11.2 Å². The summed E-state index contributed by atoms with van der Waals surface area (Å²) in [5.41, 5.74) is 7.51. The third-order valence-corrected chi connectivity index (χ3v) is 3.89. The summed E-state index contributed by atoms with van der Waals surface area (Å²) in [5, 5.41) is 6.01. The van der Waals surface area contributed by atoms with Crippen molar-refractivity contribution in [3.05, 3.63) is 23.8 Å². The summed E-state index contributed by atoms with van der Waals surface area (Å²) in [6, 6.07) is 6.23. The molecule has 0 saturated carbocycles. The standard InChI is InChI=1S/C12H17N3OS/c1-8-12(16)15-10-6-9(4-5-14-7-13)2-3-11(10)17-8/h2-3,6,8,14H,4-5,7,13H2,1H3,(H,15,16). The molecule has 0 fully saturated rings. The fourth-order valence-corrected chi connectivity index (χ4v) is 2.68. The highest BCUT2D eigenvalue weighted by Crippen LogP contribution is 2.35. The predicted molar refractivity (Wildman–Crippen MR) is 71.2 cm³/mol. The largest absolute Gasteiger partial charge is 0.324 e. The van der Waals surface area contributed by atoms with Crippen LogP contribution in [-0.2, 0) is 11.2 Å². The van der Waals surface area contributed by atoms with Crippen LogP contribution in [0.3, 0.4) is 0 Å². The number of anilines is 1. The third-order valence-electron chi connectivity index (χ3n) is 2.71. The molecule has 0 spiro atoms. The van der Waals surface area contributed by atoms with Crippen LogP contribution < -0.4 is 16.4 Å². The van der Waals surface area contributed by atoms with E-state index >= 15 is 0 Å². The van der Waals surface area contributed by atoms with Gasteiger partial charge < -0.3 is 16.4 Å². The number of hydrogen-bond donors (Lipinski definition) is 3. The van der Waals surface area contributed by atoms with Crippen LogP contribution >= 0.6 is 11.8 Å². The van der Waals surface area contributed by atoms with Crippen LogP contribution in [0.1, 0.15) is 12.5 Å². The second kappa shape index (κ2) is 5.53. The zero-order chi connectivity index (χ0) is 12.3. The summed E-state index contributed by atoms with van der Waals surface area (Å²) in [7, 11) is 0. The van der Waals surface area contributed by atoms with E-state index in [9.17, 15) is 4.79 Å². The Labute approximate surface area is 105 Å². The maximum absolute atomic E-state index is 11.6. The van der Waals surface area contributed by atoms with Crippen LogP contribution in [0.5, 0.6) is 0 Å². The van der Waals surface area contributed by atoms with Crippen molar-refractivity contribution in [1.82, 2.24) is 5.32 Å². The lowest BCUT2D eigenvalue weighted by Gasteiger charge is -2.21. The van der Waals surface area contributed by atoms with Crippen molar-refractivity contribution >= 4 is 23.4 Å². The maximum Gasteiger partial charge on any atom is 0.237 e. The quantitative estimate of drug-likeness (QED) is 0.555. The Bertz CT molecular complexity index is 422. The molecule has 17 heavy (non-hydrogen) atoms. The summed E-state index contributed by atoms with van der Waals surface area (Å²) in [5.74, 6) is 0.0831. The van der Waals surface area contributed by atoms with E-state index < -0.39 is 0 Å². The summed E-state index contributed by atoms with van der Waals surface area (Å²) in [6.07, 6.45) is 0.917. The lowest BCUT2D eigenvalue weighted by molar-refractivity contribution is -0.115. The van der Waals surface area contributed by atoms with Gasteiger partial charge >= 0.3 is 0 Å². The third kappa shape index (κ3) is 3.00. The lowest BCUT2D eigenvalue weighted by Crippen LogP contribution is -2.27. The molecule has 1 aromatic carbocycles. The second-order valence-corrected chi connectivity index (χ2v) is 5.42.